The van der Waals surface area contributed by atoms with Crippen LogP contribution in [0.3, 0.4) is 0 Å². The average molecular weight is 250 g/mol. The number of para-hydroxylation sites is 1. The number of benzene rings is 1. The number of anilines is 1. The zero-order valence-corrected chi connectivity index (χ0v) is 10.4. The summed E-state index contributed by atoms with van der Waals surface area (Å²) in [6.07, 6.45) is 4.32. The van der Waals surface area contributed by atoms with Crippen LogP contribution in [0, 0.1) is 0 Å². The molecule has 1 aromatic carbocycles. The van der Waals surface area contributed by atoms with Crippen molar-refractivity contribution in [2.75, 3.05) is 5.73 Å². The van der Waals surface area contributed by atoms with Gasteiger partial charge in [-0.1, -0.05) is 18.2 Å². The van der Waals surface area contributed by atoms with Gasteiger partial charge in [0.25, 0.3) is 0 Å². The lowest BCUT2D eigenvalue weighted by atomic mass is 10.1. The van der Waals surface area contributed by atoms with Crippen LogP contribution in [0.25, 0.3) is 5.69 Å². The van der Waals surface area contributed by atoms with Gasteiger partial charge in [-0.15, -0.1) is 0 Å². The fourth-order valence-electron chi connectivity index (χ4n) is 2.08. The molecule has 2 heterocycles. The number of hydrogen-bond donors (Lipinski definition) is 1. The summed E-state index contributed by atoms with van der Waals surface area (Å²) in [5.41, 5.74) is 9.01. The van der Waals surface area contributed by atoms with Gasteiger partial charge in [0.2, 0.25) is 0 Å². The predicted molar refractivity (Wildman–Crippen MR) is 75.0 cm³/mol. The first-order chi connectivity index (χ1) is 9.33. The van der Waals surface area contributed by atoms with Crippen molar-refractivity contribution >= 4 is 5.82 Å². The third-order valence-electron chi connectivity index (χ3n) is 2.95. The van der Waals surface area contributed by atoms with Crippen molar-refractivity contribution in [3.63, 3.8) is 0 Å². The molecule has 0 radical (unpaired) electrons. The highest BCUT2D eigenvalue weighted by molar-refractivity contribution is 5.36. The largest absolute Gasteiger partial charge is 0.384 e. The lowest BCUT2D eigenvalue weighted by Crippen LogP contribution is -2.03. The van der Waals surface area contributed by atoms with Gasteiger partial charge in [-0.05, 0) is 35.9 Å². The van der Waals surface area contributed by atoms with Crippen molar-refractivity contribution < 1.29 is 0 Å². The zero-order chi connectivity index (χ0) is 13.1. The number of pyridine rings is 1. The number of nitrogens with zero attached hydrogens (tertiary/aromatic N) is 3. The lowest BCUT2D eigenvalue weighted by Gasteiger charge is -2.07. The molecule has 4 nitrogen and oxygen atoms in total. The molecular formula is C15H14N4. The fraction of sp³-hybridized carbons (Fsp3) is 0.0667. The van der Waals surface area contributed by atoms with Gasteiger partial charge in [0.15, 0.2) is 0 Å². The molecule has 0 aliphatic rings. The first-order valence-corrected chi connectivity index (χ1v) is 6.12. The molecule has 2 aromatic heterocycles. The summed E-state index contributed by atoms with van der Waals surface area (Å²) in [5.74, 6) is 0.545. The van der Waals surface area contributed by atoms with Crippen LogP contribution in [-0.2, 0) is 6.42 Å². The van der Waals surface area contributed by atoms with E-state index < -0.39 is 0 Å². The summed E-state index contributed by atoms with van der Waals surface area (Å²) in [6.45, 7) is 0. The maximum absolute atomic E-state index is 5.70. The molecule has 0 fully saturated rings. The molecule has 0 atom stereocenters. The van der Waals surface area contributed by atoms with E-state index in [0.29, 0.717) is 5.82 Å². The van der Waals surface area contributed by atoms with Crippen LogP contribution in [-0.4, -0.2) is 14.8 Å². The van der Waals surface area contributed by atoms with Crippen molar-refractivity contribution in [3.05, 3.63) is 72.2 Å². The normalized spacial score (nSPS) is 10.5. The van der Waals surface area contributed by atoms with Crippen LogP contribution in [0.15, 0.2) is 60.9 Å². The first kappa shape index (κ1) is 11.5. The Hall–Kier alpha value is -2.62. The molecule has 0 saturated heterocycles. The van der Waals surface area contributed by atoms with Gasteiger partial charge >= 0.3 is 0 Å². The van der Waals surface area contributed by atoms with Crippen molar-refractivity contribution in [2.24, 2.45) is 0 Å². The second-order valence-corrected chi connectivity index (χ2v) is 4.34. The van der Waals surface area contributed by atoms with Crippen LogP contribution < -0.4 is 5.73 Å². The molecule has 0 saturated carbocycles. The van der Waals surface area contributed by atoms with Crippen molar-refractivity contribution in [2.45, 2.75) is 6.42 Å². The van der Waals surface area contributed by atoms with Crippen molar-refractivity contribution in [1.29, 1.82) is 0 Å². The molecule has 0 amide bonds. The standard InChI is InChI=1S/C15H14N4/c16-15-11-12(6-8-17-15)10-14-7-9-18-19(14)13-4-2-1-3-5-13/h1-9,11H,10H2,(H2,16,17). The first-order valence-electron chi connectivity index (χ1n) is 6.12. The predicted octanol–water partition coefficient (Wildman–Crippen LogP) is 2.44. The van der Waals surface area contributed by atoms with Gasteiger partial charge < -0.3 is 5.73 Å². The van der Waals surface area contributed by atoms with Gasteiger partial charge in [-0.2, -0.15) is 5.10 Å². The molecule has 2 N–H and O–H groups in total. The second-order valence-electron chi connectivity index (χ2n) is 4.34. The Morgan fingerprint density at radius 3 is 2.63 bits per heavy atom. The van der Waals surface area contributed by atoms with E-state index in [2.05, 4.69) is 10.1 Å². The minimum Gasteiger partial charge on any atom is -0.384 e. The van der Waals surface area contributed by atoms with Crippen LogP contribution in [0.5, 0.6) is 0 Å². The summed E-state index contributed by atoms with van der Waals surface area (Å²) in [6, 6.07) is 16.0. The maximum Gasteiger partial charge on any atom is 0.123 e. The molecule has 19 heavy (non-hydrogen) atoms. The number of hydrogen-bond acceptors (Lipinski definition) is 3. The quantitative estimate of drug-likeness (QED) is 0.776. The third kappa shape index (κ3) is 2.47. The number of nitrogens with two attached hydrogens (primary N) is 1. The SMILES string of the molecule is Nc1cc(Cc2ccnn2-c2ccccc2)ccn1. The number of aromatic nitrogens is 3. The molecule has 3 rings (SSSR count). The van der Waals surface area contributed by atoms with Crippen LogP contribution >= 0.6 is 0 Å². The maximum atomic E-state index is 5.70. The Bertz CT molecular complexity index is 673. The minimum atomic E-state index is 0.545. The number of nitrogen functional groups attached to an aromatic ring is 1. The molecule has 94 valence electrons. The second kappa shape index (κ2) is 4.94. The van der Waals surface area contributed by atoms with Crippen LogP contribution in [0.4, 0.5) is 5.82 Å². The van der Waals surface area contributed by atoms with E-state index in [1.165, 1.54) is 0 Å². The fourth-order valence-corrected chi connectivity index (χ4v) is 2.08. The molecular weight excluding hydrogens is 236 g/mol. The highest BCUT2D eigenvalue weighted by Gasteiger charge is 2.05. The highest BCUT2D eigenvalue weighted by Crippen LogP contribution is 2.14. The summed E-state index contributed by atoms with van der Waals surface area (Å²) in [4.78, 5) is 4.01. The molecule has 0 unspecified atom stereocenters. The third-order valence-corrected chi connectivity index (χ3v) is 2.95. The molecule has 0 bridgehead atoms. The Balaban J connectivity index is 1.93. The van der Waals surface area contributed by atoms with E-state index in [1.54, 1.807) is 6.20 Å². The van der Waals surface area contributed by atoms with E-state index in [4.69, 9.17) is 5.73 Å². The monoisotopic (exact) mass is 250 g/mol. The molecule has 3 aromatic rings. The van der Waals surface area contributed by atoms with E-state index in [1.807, 2.05) is 59.4 Å². The summed E-state index contributed by atoms with van der Waals surface area (Å²) < 4.78 is 1.94. The summed E-state index contributed by atoms with van der Waals surface area (Å²) >= 11 is 0. The zero-order valence-electron chi connectivity index (χ0n) is 10.4. The Morgan fingerprint density at radius 2 is 1.84 bits per heavy atom. The molecule has 4 heteroatoms. The molecule has 0 aliphatic carbocycles. The van der Waals surface area contributed by atoms with Crippen molar-refractivity contribution in [3.8, 4) is 5.69 Å². The molecule has 0 aliphatic heterocycles. The van der Waals surface area contributed by atoms with E-state index >= 15 is 0 Å². The van der Waals surface area contributed by atoms with Gasteiger partial charge in [0.1, 0.15) is 5.82 Å². The average Bonchev–Trinajstić information content (AvgIpc) is 2.88. The van der Waals surface area contributed by atoms with Crippen LogP contribution in [0.1, 0.15) is 11.3 Å². The Kier molecular flexibility index (Phi) is 2.98. The van der Waals surface area contributed by atoms with E-state index in [0.717, 1.165) is 23.4 Å². The minimum absolute atomic E-state index is 0.545. The van der Waals surface area contributed by atoms with Gasteiger partial charge in [-0.3, -0.25) is 0 Å². The summed E-state index contributed by atoms with van der Waals surface area (Å²) in [5, 5.41) is 4.37. The van der Waals surface area contributed by atoms with E-state index in [9.17, 15) is 0 Å². The van der Waals surface area contributed by atoms with Crippen molar-refractivity contribution in [1.82, 2.24) is 14.8 Å². The topological polar surface area (TPSA) is 56.7 Å². The number of rotatable bonds is 3. The highest BCUT2D eigenvalue weighted by atomic mass is 15.3. The summed E-state index contributed by atoms with van der Waals surface area (Å²) in [7, 11) is 0. The van der Waals surface area contributed by atoms with Gasteiger partial charge in [-0.25, -0.2) is 9.67 Å². The Morgan fingerprint density at radius 1 is 1.00 bits per heavy atom. The van der Waals surface area contributed by atoms with Crippen LogP contribution in [0.2, 0.25) is 0 Å². The smallest absolute Gasteiger partial charge is 0.123 e. The Labute approximate surface area is 111 Å². The van der Waals surface area contributed by atoms with E-state index in [-0.39, 0.29) is 0 Å². The lowest BCUT2D eigenvalue weighted by molar-refractivity contribution is 0.823. The van der Waals surface area contributed by atoms with Gasteiger partial charge in [0, 0.05) is 24.5 Å². The van der Waals surface area contributed by atoms with Gasteiger partial charge in [0.05, 0.1) is 5.69 Å². The molecule has 0 spiro atoms.